The minimum atomic E-state index is -3.88. The lowest BCUT2D eigenvalue weighted by Crippen LogP contribution is -2.34. The Morgan fingerprint density at radius 1 is 0.970 bits per heavy atom. The van der Waals surface area contributed by atoms with Crippen LogP contribution in [0.15, 0.2) is 77.7 Å². The zero-order chi connectivity index (χ0) is 23.6. The molecule has 1 aliphatic heterocycles. The second kappa shape index (κ2) is 9.13. The van der Waals surface area contributed by atoms with Gasteiger partial charge in [-0.05, 0) is 66.7 Å². The number of benzene rings is 3. The minimum Gasteiger partial charge on any atom is -0.497 e. The molecule has 3 aromatic rings. The van der Waals surface area contributed by atoms with Crippen molar-refractivity contribution in [3.63, 3.8) is 0 Å². The van der Waals surface area contributed by atoms with Crippen molar-refractivity contribution >= 4 is 50.5 Å². The van der Waals surface area contributed by atoms with Crippen LogP contribution in [0.3, 0.4) is 0 Å². The molecule has 0 aliphatic carbocycles. The molecule has 0 unspecified atom stereocenters. The maximum Gasteiger partial charge on any atom is 0.261 e. The highest BCUT2D eigenvalue weighted by atomic mass is 35.5. The largest absolute Gasteiger partial charge is 0.497 e. The zero-order valence-electron chi connectivity index (χ0n) is 17.5. The Labute approximate surface area is 196 Å². The van der Waals surface area contributed by atoms with Gasteiger partial charge in [-0.3, -0.25) is 14.3 Å². The number of hydrogen-bond acceptors (Lipinski definition) is 6. The number of carbonyl (C=O) groups excluding carboxylic acids is 2. The molecular formula is C23H20ClN3O5S. The fourth-order valence-corrected chi connectivity index (χ4v) is 4.66. The van der Waals surface area contributed by atoms with Gasteiger partial charge in [-0.25, -0.2) is 13.3 Å². The highest BCUT2D eigenvalue weighted by molar-refractivity contribution is 7.92. The third-order valence-corrected chi connectivity index (χ3v) is 6.69. The molecule has 170 valence electrons. The van der Waals surface area contributed by atoms with Gasteiger partial charge in [-0.15, -0.1) is 0 Å². The molecule has 0 spiro atoms. The second-order valence-electron chi connectivity index (χ2n) is 7.31. The highest BCUT2D eigenvalue weighted by Crippen LogP contribution is 2.27. The summed E-state index contributed by atoms with van der Waals surface area (Å²) >= 11 is 5.88. The van der Waals surface area contributed by atoms with Crippen molar-refractivity contribution in [1.82, 2.24) is 0 Å². The van der Waals surface area contributed by atoms with Crippen LogP contribution in [0.4, 0.5) is 17.1 Å². The summed E-state index contributed by atoms with van der Waals surface area (Å²) in [5, 5.41) is 3.47. The molecule has 4 rings (SSSR count). The van der Waals surface area contributed by atoms with Gasteiger partial charge in [0.1, 0.15) is 11.8 Å². The standard InChI is InChI=1S/C23H20ClN3O5S/c1-32-19-11-7-16(8-12-19)26-33(30,31)20-4-2-3-17(13-20)25-21-14-22(28)27(23(21)29)18-9-5-15(24)6-10-18/h2-13,21,25-26H,14H2,1H3/t21-/m1/s1. The van der Waals surface area contributed by atoms with Crippen LogP contribution >= 0.6 is 11.6 Å². The van der Waals surface area contributed by atoms with E-state index >= 15 is 0 Å². The molecule has 8 nitrogen and oxygen atoms in total. The van der Waals surface area contributed by atoms with Gasteiger partial charge in [0.05, 0.1) is 24.1 Å². The van der Waals surface area contributed by atoms with Gasteiger partial charge in [0.2, 0.25) is 5.91 Å². The molecule has 1 saturated heterocycles. The summed E-state index contributed by atoms with van der Waals surface area (Å²) in [4.78, 5) is 26.4. The lowest BCUT2D eigenvalue weighted by molar-refractivity contribution is -0.121. The number of imide groups is 1. The van der Waals surface area contributed by atoms with Crippen molar-refractivity contribution in [1.29, 1.82) is 0 Å². The van der Waals surface area contributed by atoms with E-state index in [4.69, 9.17) is 16.3 Å². The molecule has 10 heteroatoms. The zero-order valence-corrected chi connectivity index (χ0v) is 19.1. The average molecular weight is 486 g/mol. The predicted molar refractivity (Wildman–Crippen MR) is 126 cm³/mol. The molecule has 2 amide bonds. The Kier molecular flexibility index (Phi) is 6.26. The number of carbonyl (C=O) groups is 2. The van der Waals surface area contributed by atoms with Crippen molar-refractivity contribution in [2.45, 2.75) is 17.4 Å². The number of hydrogen-bond donors (Lipinski definition) is 2. The van der Waals surface area contributed by atoms with Crippen molar-refractivity contribution in [2.24, 2.45) is 0 Å². The van der Waals surface area contributed by atoms with Crippen LogP contribution in [-0.2, 0) is 19.6 Å². The van der Waals surface area contributed by atoms with Gasteiger partial charge in [0, 0.05) is 16.4 Å². The third-order valence-electron chi connectivity index (χ3n) is 5.06. The van der Waals surface area contributed by atoms with E-state index in [9.17, 15) is 18.0 Å². The summed E-state index contributed by atoms with van der Waals surface area (Å²) in [6.07, 6.45) is -0.0530. The third kappa shape index (κ3) is 4.94. The van der Waals surface area contributed by atoms with Crippen LogP contribution in [0, 0.1) is 0 Å². The normalized spacial score (nSPS) is 16.1. The van der Waals surface area contributed by atoms with Crippen LogP contribution < -0.4 is 19.7 Å². The van der Waals surface area contributed by atoms with Gasteiger partial charge in [0.15, 0.2) is 0 Å². The summed E-state index contributed by atoms with van der Waals surface area (Å²) in [5.41, 5.74) is 1.21. The first-order valence-electron chi connectivity index (χ1n) is 9.93. The van der Waals surface area contributed by atoms with Crippen LogP contribution in [0.5, 0.6) is 5.75 Å². The van der Waals surface area contributed by atoms with Crippen molar-refractivity contribution < 1.29 is 22.7 Å². The van der Waals surface area contributed by atoms with Gasteiger partial charge >= 0.3 is 0 Å². The summed E-state index contributed by atoms with van der Waals surface area (Å²) in [7, 11) is -2.35. The number of rotatable bonds is 7. The number of sulfonamides is 1. The molecule has 1 fully saturated rings. The van der Waals surface area contributed by atoms with E-state index in [1.54, 1.807) is 60.7 Å². The van der Waals surface area contributed by atoms with Crippen molar-refractivity contribution in [3.05, 3.63) is 77.8 Å². The SMILES string of the molecule is COc1ccc(NS(=O)(=O)c2cccc(N[C@@H]3CC(=O)N(c4ccc(Cl)cc4)C3=O)c2)cc1. The lowest BCUT2D eigenvalue weighted by atomic mass is 10.2. The average Bonchev–Trinajstić information content (AvgIpc) is 3.07. The summed E-state index contributed by atoms with van der Waals surface area (Å²) in [6, 6.07) is 18.1. The Morgan fingerprint density at radius 2 is 1.67 bits per heavy atom. The van der Waals surface area contributed by atoms with E-state index in [2.05, 4.69) is 10.0 Å². The minimum absolute atomic E-state index is 0.00893. The van der Waals surface area contributed by atoms with E-state index < -0.39 is 22.0 Å². The Bertz CT molecular complexity index is 1290. The van der Waals surface area contributed by atoms with Crippen LogP contribution in [0.1, 0.15) is 6.42 Å². The molecule has 3 aromatic carbocycles. The monoisotopic (exact) mass is 485 g/mol. The first kappa shape index (κ1) is 22.6. The molecule has 0 radical (unpaired) electrons. The quantitative estimate of drug-likeness (QED) is 0.492. The Balaban J connectivity index is 1.50. The number of amides is 2. The van der Waals surface area contributed by atoms with Gasteiger partial charge < -0.3 is 10.1 Å². The van der Waals surface area contributed by atoms with E-state index in [1.807, 2.05) is 0 Å². The molecule has 0 bridgehead atoms. The smallest absolute Gasteiger partial charge is 0.261 e. The Morgan fingerprint density at radius 3 is 2.33 bits per heavy atom. The highest BCUT2D eigenvalue weighted by Gasteiger charge is 2.39. The van der Waals surface area contributed by atoms with Crippen LogP contribution in [-0.4, -0.2) is 33.4 Å². The predicted octanol–water partition coefficient (Wildman–Crippen LogP) is 3.89. The maximum atomic E-state index is 12.8. The van der Waals surface area contributed by atoms with Crippen molar-refractivity contribution in [2.75, 3.05) is 22.0 Å². The number of nitrogens with zero attached hydrogens (tertiary/aromatic N) is 1. The summed E-state index contributed by atoms with van der Waals surface area (Å²) in [5.74, 6) is -0.177. The van der Waals surface area contributed by atoms with Crippen LogP contribution in [0.2, 0.25) is 5.02 Å². The number of anilines is 3. The number of nitrogens with one attached hydrogen (secondary N) is 2. The lowest BCUT2D eigenvalue weighted by Gasteiger charge is -2.16. The second-order valence-corrected chi connectivity index (χ2v) is 9.43. The number of methoxy groups -OCH3 is 1. The van der Waals surface area contributed by atoms with E-state index in [1.165, 1.54) is 19.2 Å². The molecular weight excluding hydrogens is 466 g/mol. The molecule has 0 aromatic heterocycles. The molecule has 1 heterocycles. The fraction of sp³-hybridized carbons (Fsp3) is 0.130. The number of halogens is 1. The van der Waals surface area contributed by atoms with Gasteiger partial charge in [-0.1, -0.05) is 17.7 Å². The maximum absolute atomic E-state index is 12.8. The van der Waals surface area contributed by atoms with E-state index in [0.717, 1.165) is 4.90 Å². The van der Waals surface area contributed by atoms with Gasteiger partial charge in [0.25, 0.3) is 15.9 Å². The molecule has 1 aliphatic rings. The van der Waals surface area contributed by atoms with E-state index in [0.29, 0.717) is 27.8 Å². The molecule has 2 N–H and O–H groups in total. The van der Waals surface area contributed by atoms with Crippen molar-refractivity contribution in [3.8, 4) is 5.75 Å². The Hall–Kier alpha value is -3.56. The first-order chi connectivity index (χ1) is 15.8. The molecule has 1 atom stereocenters. The topological polar surface area (TPSA) is 105 Å². The fourth-order valence-electron chi connectivity index (χ4n) is 3.43. The molecule has 0 saturated carbocycles. The van der Waals surface area contributed by atoms with Crippen LogP contribution in [0.25, 0.3) is 0 Å². The summed E-state index contributed by atoms with van der Waals surface area (Å²) in [6.45, 7) is 0. The molecule has 33 heavy (non-hydrogen) atoms. The summed E-state index contributed by atoms with van der Waals surface area (Å²) < 4.78 is 33.2. The van der Waals surface area contributed by atoms with E-state index in [-0.39, 0.29) is 17.2 Å². The first-order valence-corrected chi connectivity index (χ1v) is 11.8. The van der Waals surface area contributed by atoms with Gasteiger partial charge in [-0.2, -0.15) is 0 Å². The number of ether oxygens (including phenoxy) is 1.